The lowest BCUT2D eigenvalue weighted by Gasteiger charge is -2.33. The van der Waals surface area contributed by atoms with Crippen LogP contribution in [-0.2, 0) is 20.9 Å². The van der Waals surface area contributed by atoms with Crippen LogP contribution in [0.3, 0.4) is 0 Å². The molecule has 0 spiro atoms. The third-order valence-electron chi connectivity index (χ3n) is 6.30. The molecule has 0 saturated carbocycles. The van der Waals surface area contributed by atoms with Crippen LogP contribution in [-0.4, -0.2) is 77.5 Å². The normalized spacial score (nSPS) is 20.5. The summed E-state index contributed by atoms with van der Waals surface area (Å²) in [6.07, 6.45) is 3.80. The molecular formula is C23H31N5O3. The Bertz CT molecular complexity index is 950. The molecule has 0 radical (unpaired) electrons. The number of carbonyl (C=O) groups excluding carboxylic acids is 2. The summed E-state index contributed by atoms with van der Waals surface area (Å²) < 4.78 is 5.03. The lowest BCUT2D eigenvalue weighted by Crippen LogP contribution is -2.45. The van der Waals surface area contributed by atoms with E-state index in [9.17, 15) is 9.59 Å². The number of rotatable bonds is 4. The van der Waals surface area contributed by atoms with Gasteiger partial charge in [0.1, 0.15) is 17.7 Å². The van der Waals surface area contributed by atoms with Gasteiger partial charge in [0.15, 0.2) is 0 Å². The van der Waals surface area contributed by atoms with Crippen LogP contribution in [0.25, 0.3) is 10.9 Å². The van der Waals surface area contributed by atoms with E-state index in [0.717, 1.165) is 74.4 Å². The number of fused-ring (bicyclic) bond motifs is 1. The van der Waals surface area contributed by atoms with Gasteiger partial charge in [-0.1, -0.05) is 18.6 Å². The van der Waals surface area contributed by atoms with E-state index < -0.39 is 0 Å². The average Bonchev–Trinajstić information content (AvgIpc) is 3.05. The minimum atomic E-state index is -0.236. The van der Waals surface area contributed by atoms with Gasteiger partial charge in [-0.15, -0.1) is 0 Å². The first-order valence-electron chi connectivity index (χ1n) is 11.1. The van der Waals surface area contributed by atoms with Crippen molar-refractivity contribution in [1.29, 1.82) is 0 Å². The van der Waals surface area contributed by atoms with Gasteiger partial charge >= 0.3 is 5.97 Å². The molecule has 1 atom stereocenters. The summed E-state index contributed by atoms with van der Waals surface area (Å²) in [5, 5.41) is 1.02. The fourth-order valence-electron chi connectivity index (χ4n) is 4.63. The van der Waals surface area contributed by atoms with E-state index in [-0.39, 0.29) is 17.9 Å². The predicted molar refractivity (Wildman–Crippen MR) is 119 cm³/mol. The number of ether oxygens (including phenoxy) is 1. The van der Waals surface area contributed by atoms with Crippen LogP contribution >= 0.6 is 0 Å². The highest BCUT2D eigenvalue weighted by atomic mass is 16.5. The molecule has 31 heavy (non-hydrogen) atoms. The average molecular weight is 426 g/mol. The Morgan fingerprint density at radius 3 is 2.68 bits per heavy atom. The number of hydrogen-bond acceptors (Lipinski definition) is 7. The zero-order valence-corrected chi connectivity index (χ0v) is 18.4. The van der Waals surface area contributed by atoms with Crippen LogP contribution in [0.5, 0.6) is 0 Å². The van der Waals surface area contributed by atoms with Crippen molar-refractivity contribution < 1.29 is 14.3 Å². The number of nitrogens with zero attached hydrogens (tertiary/aromatic N) is 5. The highest BCUT2D eigenvalue weighted by Crippen LogP contribution is 2.27. The van der Waals surface area contributed by atoms with Crippen molar-refractivity contribution >= 4 is 28.6 Å². The number of likely N-dealkylation sites (tertiary alicyclic amines) is 1. The van der Waals surface area contributed by atoms with Gasteiger partial charge in [0.25, 0.3) is 0 Å². The summed E-state index contributed by atoms with van der Waals surface area (Å²) in [5.41, 5.74) is 0.904. The zero-order valence-electron chi connectivity index (χ0n) is 18.4. The van der Waals surface area contributed by atoms with Crippen LogP contribution in [0.15, 0.2) is 24.3 Å². The number of benzene rings is 1. The second-order valence-electron chi connectivity index (χ2n) is 8.33. The Labute approximate surface area is 183 Å². The van der Waals surface area contributed by atoms with Gasteiger partial charge in [0, 0.05) is 38.5 Å². The summed E-state index contributed by atoms with van der Waals surface area (Å²) in [4.78, 5) is 40.2. The van der Waals surface area contributed by atoms with E-state index in [0.29, 0.717) is 13.1 Å². The van der Waals surface area contributed by atoms with Crippen molar-refractivity contribution in [2.24, 2.45) is 0 Å². The second-order valence-corrected chi connectivity index (χ2v) is 8.33. The molecule has 8 heteroatoms. The third-order valence-corrected chi connectivity index (χ3v) is 6.30. The quantitative estimate of drug-likeness (QED) is 0.695. The number of esters is 1. The van der Waals surface area contributed by atoms with E-state index >= 15 is 0 Å². The fourth-order valence-corrected chi connectivity index (χ4v) is 4.63. The molecule has 2 aliphatic rings. The molecule has 4 rings (SSSR count). The Balaban J connectivity index is 1.63. The van der Waals surface area contributed by atoms with Gasteiger partial charge in [0.2, 0.25) is 5.91 Å². The maximum Gasteiger partial charge on any atom is 0.323 e. The van der Waals surface area contributed by atoms with Gasteiger partial charge in [-0.25, -0.2) is 9.97 Å². The van der Waals surface area contributed by atoms with Gasteiger partial charge in [-0.2, -0.15) is 0 Å². The van der Waals surface area contributed by atoms with Gasteiger partial charge in [-0.3, -0.25) is 14.5 Å². The van der Waals surface area contributed by atoms with Crippen LogP contribution in [0.2, 0.25) is 0 Å². The topological polar surface area (TPSA) is 78.9 Å². The number of anilines is 1. The highest BCUT2D eigenvalue weighted by Gasteiger charge is 2.30. The zero-order chi connectivity index (χ0) is 21.8. The number of carbonyl (C=O) groups is 2. The summed E-state index contributed by atoms with van der Waals surface area (Å²) in [5.74, 6) is 1.57. The third kappa shape index (κ3) is 4.79. The molecule has 1 amide bonds. The molecule has 0 aliphatic carbocycles. The van der Waals surface area contributed by atoms with Crippen molar-refractivity contribution in [2.45, 2.75) is 45.2 Å². The predicted octanol–water partition coefficient (Wildman–Crippen LogP) is 2.22. The van der Waals surface area contributed by atoms with Crippen LogP contribution in [0.4, 0.5) is 5.82 Å². The molecule has 166 valence electrons. The van der Waals surface area contributed by atoms with Crippen LogP contribution in [0, 0.1) is 0 Å². The van der Waals surface area contributed by atoms with Crippen molar-refractivity contribution in [1.82, 2.24) is 19.8 Å². The summed E-state index contributed by atoms with van der Waals surface area (Å²) in [6.45, 7) is 6.04. The first-order valence-corrected chi connectivity index (χ1v) is 11.1. The minimum Gasteiger partial charge on any atom is -0.468 e. The first-order chi connectivity index (χ1) is 15.1. The van der Waals surface area contributed by atoms with E-state index in [2.05, 4.69) is 15.9 Å². The van der Waals surface area contributed by atoms with E-state index in [4.69, 9.17) is 14.7 Å². The standard InChI is InChI=1S/C23H31N5O3/c1-17(29)26-12-7-13-27(15-14-26)22-18-8-3-4-9-19(18)24-21(25-22)16-28-11-6-5-10-20(28)23(30)31-2/h3-4,8-9,20H,5-7,10-16H2,1-2H3/t20-/m0/s1. The maximum atomic E-state index is 12.3. The SMILES string of the molecule is COC(=O)[C@@H]1CCCCN1Cc1nc(N2CCCN(C(C)=O)CC2)c2ccccc2n1. The second kappa shape index (κ2) is 9.60. The molecule has 2 aromatic rings. The van der Waals surface area contributed by atoms with Crippen molar-refractivity contribution in [3.8, 4) is 0 Å². The lowest BCUT2D eigenvalue weighted by molar-refractivity contribution is -0.148. The van der Waals surface area contributed by atoms with Crippen LogP contribution < -0.4 is 4.90 Å². The largest absolute Gasteiger partial charge is 0.468 e. The molecule has 1 aromatic heterocycles. The van der Waals surface area contributed by atoms with Crippen molar-refractivity contribution in [3.63, 3.8) is 0 Å². The molecule has 0 bridgehead atoms. The Kier molecular flexibility index (Phi) is 6.65. The smallest absolute Gasteiger partial charge is 0.323 e. The molecular weight excluding hydrogens is 394 g/mol. The van der Waals surface area contributed by atoms with Gasteiger partial charge in [-0.05, 0) is 37.9 Å². The van der Waals surface area contributed by atoms with E-state index in [1.807, 2.05) is 23.1 Å². The number of aromatic nitrogens is 2. The molecule has 2 fully saturated rings. The molecule has 2 saturated heterocycles. The summed E-state index contributed by atoms with van der Waals surface area (Å²) >= 11 is 0. The van der Waals surface area contributed by atoms with Gasteiger partial charge in [0.05, 0.1) is 19.2 Å². The van der Waals surface area contributed by atoms with E-state index in [1.165, 1.54) is 7.11 Å². The monoisotopic (exact) mass is 425 g/mol. The molecule has 2 aliphatic heterocycles. The Morgan fingerprint density at radius 1 is 1.03 bits per heavy atom. The highest BCUT2D eigenvalue weighted by molar-refractivity contribution is 5.89. The number of methoxy groups -OCH3 is 1. The first kappa shape index (κ1) is 21.5. The number of para-hydroxylation sites is 1. The molecule has 0 unspecified atom stereocenters. The maximum absolute atomic E-state index is 12.3. The fraction of sp³-hybridized carbons (Fsp3) is 0.565. The Morgan fingerprint density at radius 2 is 1.87 bits per heavy atom. The minimum absolute atomic E-state index is 0.119. The summed E-state index contributed by atoms with van der Waals surface area (Å²) in [7, 11) is 1.45. The van der Waals surface area contributed by atoms with Crippen molar-refractivity contribution in [3.05, 3.63) is 30.1 Å². The summed E-state index contributed by atoms with van der Waals surface area (Å²) in [6, 6.07) is 7.82. The molecule has 3 heterocycles. The van der Waals surface area contributed by atoms with Crippen LogP contribution in [0.1, 0.15) is 38.4 Å². The van der Waals surface area contributed by atoms with Crippen molar-refractivity contribution in [2.75, 3.05) is 44.7 Å². The lowest BCUT2D eigenvalue weighted by atomic mass is 10.0. The van der Waals surface area contributed by atoms with Gasteiger partial charge < -0.3 is 14.5 Å². The van der Waals surface area contributed by atoms with E-state index in [1.54, 1.807) is 6.92 Å². The molecule has 8 nitrogen and oxygen atoms in total. The number of hydrogen-bond donors (Lipinski definition) is 0. The number of piperidine rings is 1. The molecule has 1 aromatic carbocycles. The molecule has 0 N–H and O–H groups in total. The Hall–Kier alpha value is -2.74. The number of amides is 1.